The molecule has 0 aliphatic heterocycles. The van der Waals surface area contributed by atoms with E-state index in [2.05, 4.69) is 16.1 Å². The molecule has 4 rings (SSSR count). The van der Waals surface area contributed by atoms with Gasteiger partial charge >= 0.3 is 0 Å². The number of amides is 1. The summed E-state index contributed by atoms with van der Waals surface area (Å²) >= 11 is 1.60. The third-order valence-corrected chi connectivity index (χ3v) is 5.58. The first-order chi connectivity index (χ1) is 11.8. The highest BCUT2D eigenvalue weighted by atomic mass is 32.2. The average Bonchev–Trinajstić information content (AvgIpc) is 3.53. The van der Waals surface area contributed by atoms with Crippen molar-refractivity contribution >= 4 is 17.7 Å². The molecule has 2 saturated carbocycles. The van der Waals surface area contributed by atoms with Gasteiger partial charge in [0.1, 0.15) is 0 Å². The predicted molar refractivity (Wildman–Crippen MR) is 96.7 cm³/mol. The second-order valence-corrected chi connectivity index (χ2v) is 7.57. The molecule has 0 unspecified atom stereocenters. The van der Waals surface area contributed by atoms with E-state index in [-0.39, 0.29) is 5.91 Å². The number of hydrogen-bond acceptors (Lipinski definition) is 3. The van der Waals surface area contributed by atoms with Gasteiger partial charge < -0.3 is 5.32 Å². The lowest BCUT2D eigenvalue weighted by atomic mass is 10.2. The smallest absolute Gasteiger partial charge is 0.252 e. The Labute approximate surface area is 147 Å². The van der Waals surface area contributed by atoms with Gasteiger partial charge in [0, 0.05) is 29.0 Å². The third-order valence-electron chi connectivity index (χ3n) is 4.78. The Morgan fingerprint density at radius 2 is 2.00 bits per heavy atom. The highest BCUT2D eigenvalue weighted by Crippen LogP contribution is 2.44. The average molecular weight is 341 g/mol. The molecule has 0 bridgehead atoms. The number of nitrogens with zero attached hydrogens (tertiary/aromatic N) is 2. The van der Waals surface area contributed by atoms with Crippen LogP contribution in [0, 0.1) is 0 Å². The molecule has 2 fully saturated rings. The molecule has 5 heteroatoms. The molecule has 2 aromatic rings. The van der Waals surface area contributed by atoms with Gasteiger partial charge in [-0.1, -0.05) is 12.1 Å². The Morgan fingerprint density at radius 3 is 2.71 bits per heavy atom. The molecule has 2 aliphatic carbocycles. The van der Waals surface area contributed by atoms with Gasteiger partial charge in [-0.2, -0.15) is 5.10 Å². The molecule has 1 aromatic carbocycles. The lowest BCUT2D eigenvalue weighted by Crippen LogP contribution is -2.28. The minimum atomic E-state index is 0.00231. The van der Waals surface area contributed by atoms with E-state index < -0.39 is 0 Å². The zero-order chi connectivity index (χ0) is 16.5. The summed E-state index contributed by atoms with van der Waals surface area (Å²) in [6.45, 7) is 1.37. The summed E-state index contributed by atoms with van der Waals surface area (Å²) in [5.41, 5.74) is 3.39. The van der Waals surface area contributed by atoms with Gasteiger partial charge in [0.05, 0.1) is 17.8 Å². The minimum absolute atomic E-state index is 0.00231. The molecule has 4 nitrogen and oxygen atoms in total. The largest absolute Gasteiger partial charge is 0.350 e. The number of benzene rings is 1. The van der Waals surface area contributed by atoms with Crippen LogP contribution in [-0.4, -0.2) is 28.5 Å². The van der Waals surface area contributed by atoms with Gasteiger partial charge in [-0.15, -0.1) is 11.8 Å². The topological polar surface area (TPSA) is 46.9 Å². The molecule has 1 aromatic heterocycles. The summed E-state index contributed by atoms with van der Waals surface area (Å²) in [7, 11) is 0. The number of nitrogens with one attached hydrogen (secondary N) is 1. The van der Waals surface area contributed by atoms with Gasteiger partial charge in [0.25, 0.3) is 5.91 Å². The number of aromatic nitrogens is 2. The monoisotopic (exact) mass is 341 g/mol. The fourth-order valence-electron chi connectivity index (χ4n) is 3.12. The van der Waals surface area contributed by atoms with Crippen molar-refractivity contribution in [1.29, 1.82) is 0 Å². The van der Waals surface area contributed by atoms with E-state index in [4.69, 9.17) is 5.10 Å². The van der Waals surface area contributed by atoms with Crippen LogP contribution in [0.3, 0.4) is 0 Å². The quantitative estimate of drug-likeness (QED) is 0.780. The molecule has 1 heterocycles. The second kappa shape index (κ2) is 6.63. The first kappa shape index (κ1) is 15.8. The van der Waals surface area contributed by atoms with Crippen LogP contribution >= 0.6 is 11.8 Å². The number of hydrogen-bond donors (Lipinski definition) is 1. The van der Waals surface area contributed by atoms with Crippen molar-refractivity contribution in [3.05, 3.63) is 47.3 Å². The van der Waals surface area contributed by atoms with Gasteiger partial charge in [-0.05, 0) is 50.1 Å². The molecule has 0 spiro atoms. The Hall–Kier alpha value is -1.75. The zero-order valence-corrected chi connectivity index (χ0v) is 14.8. The molecule has 1 amide bonds. The van der Waals surface area contributed by atoms with Gasteiger partial charge in [-0.3, -0.25) is 9.48 Å². The van der Waals surface area contributed by atoms with Crippen LogP contribution in [0.1, 0.15) is 59.3 Å². The van der Waals surface area contributed by atoms with Crippen molar-refractivity contribution in [2.45, 2.75) is 49.0 Å². The van der Waals surface area contributed by atoms with E-state index in [1.807, 2.05) is 30.5 Å². The third kappa shape index (κ3) is 3.36. The number of rotatable bonds is 7. The molecule has 1 N–H and O–H groups in total. The van der Waals surface area contributed by atoms with Crippen LogP contribution in [0.4, 0.5) is 0 Å². The molecule has 0 saturated heterocycles. The van der Waals surface area contributed by atoms with Crippen LogP contribution in [0.5, 0.6) is 0 Å². The molecular weight excluding hydrogens is 318 g/mol. The van der Waals surface area contributed by atoms with Gasteiger partial charge in [0.2, 0.25) is 0 Å². The Balaban J connectivity index is 1.39. The summed E-state index contributed by atoms with van der Waals surface area (Å²) in [6.07, 6.45) is 7.12. The number of carbonyl (C=O) groups excluding carboxylic acids is 1. The standard InChI is InChI=1S/C19H23N3OS/c1-24-18-5-3-2-4-15(18)19(23)20-10-11-22-17(14-8-9-14)12-16(21-22)13-6-7-13/h2-5,12-14H,6-11H2,1H3,(H,20,23). The maximum absolute atomic E-state index is 12.4. The van der Waals surface area contributed by atoms with Crippen LogP contribution < -0.4 is 5.32 Å². The fraction of sp³-hybridized carbons (Fsp3) is 0.474. The lowest BCUT2D eigenvalue weighted by Gasteiger charge is -2.10. The molecule has 24 heavy (non-hydrogen) atoms. The SMILES string of the molecule is CSc1ccccc1C(=O)NCCn1nc(C2CC2)cc1C1CC1. The van der Waals surface area contributed by atoms with E-state index >= 15 is 0 Å². The van der Waals surface area contributed by atoms with Gasteiger partial charge in [0.15, 0.2) is 0 Å². The van der Waals surface area contributed by atoms with Crippen LogP contribution in [-0.2, 0) is 6.54 Å². The minimum Gasteiger partial charge on any atom is -0.350 e. The summed E-state index contributed by atoms with van der Waals surface area (Å²) in [5.74, 6) is 1.38. The Bertz CT molecular complexity index is 747. The molecule has 0 radical (unpaired) electrons. The van der Waals surface area contributed by atoms with Crippen LogP contribution in [0.2, 0.25) is 0 Å². The normalized spacial score (nSPS) is 17.0. The molecular formula is C19H23N3OS. The van der Waals surface area contributed by atoms with Crippen molar-refractivity contribution < 1.29 is 4.79 Å². The molecule has 0 atom stereocenters. The van der Waals surface area contributed by atoms with Crippen molar-refractivity contribution in [3.63, 3.8) is 0 Å². The second-order valence-electron chi connectivity index (χ2n) is 6.72. The Morgan fingerprint density at radius 1 is 1.25 bits per heavy atom. The first-order valence-electron chi connectivity index (χ1n) is 8.75. The number of thioether (sulfide) groups is 1. The maximum atomic E-state index is 12.4. The van der Waals surface area contributed by atoms with Crippen molar-refractivity contribution in [1.82, 2.24) is 15.1 Å². The van der Waals surface area contributed by atoms with Gasteiger partial charge in [-0.25, -0.2) is 0 Å². The van der Waals surface area contributed by atoms with E-state index in [1.165, 1.54) is 37.1 Å². The summed E-state index contributed by atoms with van der Waals surface area (Å²) in [5, 5.41) is 7.85. The maximum Gasteiger partial charge on any atom is 0.252 e. The number of carbonyl (C=O) groups is 1. The highest BCUT2D eigenvalue weighted by molar-refractivity contribution is 7.98. The lowest BCUT2D eigenvalue weighted by molar-refractivity contribution is 0.0949. The molecule has 2 aliphatic rings. The van der Waals surface area contributed by atoms with Crippen LogP contribution in [0.25, 0.3) is 0 Å². The molecule has 126 valence electrons. The van der Waals surface area contributed by atoms with Crippen molar-refractivity contribution in [2.75, 3.05) is 12.8 Å². The van der Waals surface area contributed by atoms with Crippen molar-refractivity contribution in [2.24, 2.45) is 0 Å². The summed E-state index contributed by atoms with van der Waals surface area (Å²) < 4.78 is 2.13. The van der Waals surface area contributed by atoms with E-state index in [9.17, 15) is 4.79 Å². The van der Waals surface area contributed by atoms with E-state index in [0.717, 1.165) is 17.0 Å². The first-order valence-corrected chi connectivity index (χ1v) is 9.97. The zero-order valence-electron chi connectivity index (χ0n) is 14.0. The summed E-state index contributed by atoms with van der Waals surface area (Å²) in [4.78, 5) is 13.4. The Kier molecular flexibility index (Phi) is 4.35. The van der Waals surface area contributed by atoms with E-state index in [0.29, 0.717) is 18.4 Å². The van der Waals surface area contributed by atoms with E-state index in [1.54, 1.807) is 11.8 Å². The predicted octanol–water partition coefficient (Wildman–Crippen LogP) is 3.79. The van der Waals surface area contributed by atoms with Crippen molar-refractivity contribution in [3.8, 4) is 0 Å². The highest BCUT2D eigenvalue weighted by Gasteiger charge is 2.32. The van der Waals surface area contributed by atoms with Crippen LogP contribution in [0.15, 0.2) is 35.2 Å². The fourth-order valence-corrected chi connectivity index (χ4v) is 3.72. The summed E-state index contributed by atoms with van der Waals surface area (Å²) in [6, 6.07) is 10.1.